The number of hydrogen-bond donors (Lipinski definition) is 0. The van der Waals surface area contributed by atoms with Gasteiger partial charge in [0.05, 0.1) is 0 Å². The second kappa shape index (κ2) is 6.86. The van der Waals surface area contributed by atoms with E-state index in [9.17, 15) is 4.39 Å². The Kier molecular flexibility index (Phi) is 5.77. The molecule has 17 heavy (non-hydrogen) atoms. The average molecular weight is 258 g/mol. The lowest BCUT2D eigenvalue weighted by Gasteiger charge is -2.28. The summed E-state index contributed by atoms with van der Waals surface area (Å²) in [5, 5.41) is 0.796. The monoisotopic (exact) mass is 258 g/mol. The summed E-state index contributed by atoms with van der Waals surface area (Å²) < 4.78 is 30.1. The van der Waals surface area contributed by atoms with Gasteiger partial charge < -0.3 is 13.3 Å². The normalized spacial score (nSPS) is 11.8. The van der Waals surface area contributed by atoms with Gasteiger partial charge in [0.2, 0.25) is 0 Å². The van der Waals surface area contributed by atoms with E-state index in [1.54, 1.807) is 12.1 Å². The van der Waals surface area contributed by atoms with Crippen LogP contribution in [0.15, 0.2) is 24.3 Å². The minimum absolute atomic E-state index is 0.277. The number of hydrogen-bond acceptors (Lipinski definition) is 3. The first-order valence-corrected chi connectivity index (χ1v) is 7.58. The molecule has 0 fully saturated rings. The van der Waals surface area contributed by atoms with Gasteiger partial charge in [0.15, 0.2) is 0 Å². The molecule has 0 bridgehead atoms. The van der Waals surface area contributed by atoms with E-state index in [2.05, 4.69) is 0 Å². The summed E-state index contributed by atoms with van der Waals surface area (Å²) in [4.78, 5) is 0. The Bertz CT molecular complexity index is 312. The Morgan fingerprint density at radius 2 is 1.29 bits per heavy atom. The van der Waals surface area contributed by atoms with E-state index < -0.39 is 8.80 Å². The molecule has 3 nitrogen and oxygen atoms in total. The molecule has 0 unspecified atom stereocenters. The van der Waals surface area contributed by atoms with E-state index in [0.29, 0.717) is 19.8 Å². The van der Waals surface area contributed by atoms with E-state index in [-0.39, 0.29) is 5.82 Å². The van der Waals surface area contributed by atoms with Gasteiger partial charge in [0.25, 0.3) is 0 Å². The zero-order valence-electron chi connectivity index (χ0n) is 10.5. The molecule has 0 spiro atoms. The van der Waals surface area contributed by atoms with Gasteiger partial charge in [0.1, 0.15) is 5.82 Å². The van der Waals surface area contributed by atoms with E-state index >= 15 is 0 Å². The average Bonchev–Trinajstić information content (AvgIpc) is 2.30. The van der Waals surface area contributed by atoms with Crippen molar-refractivity contribution in [2.75, 3.05) is 19.8 Å². The van der Waals surface area contributed by atoms with Gasteiger partial charge in [-0.3, -0.25) is 0 Å². The summed E-state index contributed by atoms with van der Waals surface area (Å²) >= 11 is 0. The molecule has 1 aromatic carbocycles. The standard InChI is InChI=1S/C12H19FO3Si/c1-4-14-17(15-5-2,16-6-3)12-9-7-11(13)8-10-12/h7-10H,4-6H2,1-3H3. The molecule has 5 heteroatoms. The molecule has 1 aromatic rings. The zero-order chi connectivity index (χ0) is 12.7. The van der Waals surface area contributed by atoms with E-state index in [1.165, 1.54) is 12.1 Å². The first-order chi connectivity index (χ1) is 8.18. The van der Waals surface area contributed by atoms with Gasteiger partial charge in [-0.25, -0.2) is 4.39 Å². The molecule has 0 N–H and O–H groups in total. The van der Waals surface area contributed by atoms with Crippen molar-refractivity contribution in [2.45, 2.75) is 20.8 Å². The summed E-state index contributed by atoms with van der Waals surface area (Å²) in [5.41, 5.74) is 0. The van der Waals surface area contributed by atoms with Gasteiger partial charge in [-0.15, -0.1) is 0 Å². The Morgan fingerprint density at radius 3 is 1.65 bits per heavy atom. The molecule has 1 rings (SSSR count). The van der Waals surface area contributed by atoms with Crippen LogP contribution >= 0.6 is 0 Å². The fourth-order valence-corrected chi connectivity index (χ4v) is 4.06. The molecule has 0 heterocycles. The lowest BCUT2D eigenvalue weighted by atomic mass is 10.3. The molecule has 0 amide bonds. The van der Waals surface area contributed by atoms with Crippen molar-refractivity contribution in [3.63, 3.8) is 0 Å². The fourth-order valence-electron chi connectivity index (χ4n) is 1.60. The van der Waals surface area contributed by atoms with Crippen molar-refractivity contribution < 1.29 is 17.7 Å². The summed E-state index contributed by atoms with van der Waals surface area (Å²) in [6.45, 7) is 7.19. The molecule has 0 aliphatic carbocycles. The molecule has 0 aliphatic rings. The van der Waals surface area contributed by atoms with Crippen LogP contribution in [0.3, 0.4) is 0 Å². The third-order valence-electron chi connectivity index (χ3n) is 2.20. The SMILES string of the molecule is CCO[Si](OCC)(OCC)c1ccc(F)cc1. The highest BCUT2D eigenvalue weighted by molar-refractivity contribution is 6.75. The minimum Gasteiger partial charge on any atom is -0.370 e. The fraction of sp³-hybridized carbons (Fsp3) is 0.500. The number of rotatable bonds is 7. The quantitative estimate of drug-likeness (QED) is 0.701. The molecule has 0 saturated heterocycles. The summed E-state index contributed by atoms with van der Waals surface area (Å²) in [7, 11) is -2.86. The maximum absolute atomic E-state index is 12.9. The molecular formula is C12H19FO3Si. The highest BCUT2D eigenvalue weighted by Crippen LogP contribution is 2.11. The van der Waals surface area contributed by atoms with E-state index in [4.69, 9.17) is 13.3 Å². The smallest absolute Gasteiger partial charge is 0.370 e. The Hall–Kier alpha value is -0.753. The topological polar surface area (TPSA) is 27.7 Å². The van der Waals surface area contributed by atoms with Crippen molar-refractivity contribution in [3.05, 3.63) is 30.1 Å². The molecule has 96 valence electrons. The van der Waals surface area contributed by atoms with Crippen molar-refractivity contribution >= 4 is 14.0 Å². The Balaban J connectivity index is 3.04. The van der Waals surface area contributed by atoms with Crippen LogP contribution in [0.1, 0.15) is 20.8 Å². The van der Waals surface area contributed by atoms with Crippen LogP contribution in [0.2, 0.25) is 0 Å². The second-order valence-electron chi connectivity index (χ2n) is 3.36. The molecule has 0 aromatic heterocycles. The summed E-state index contributed by atoms with van der Waals surface area (Å²) in [6.07, 6.45) is 0. The third kappa shape index (κ3) is 3.60. The van der Waals surface area contributed by atoms with Crippen LogP contribution in [-0.4, -0.2) is 28.6 Å². The first kappa shape index (κ1) is 14.3. The molecular weight excluding hydrogens is 239 g/mol. The van der Waals surface area contributed by atoms with E-state index in [0.717, 1.165) is 5.19 Å². The van der Waals surface area contributed by atoms with Crippen LogP contribution in [0.4, 0.5) is 4.39 Å². The van der Waals surface area contributed by atoms with Gasteiger partial charge in [-0.2, -0.15) is 0 Å². The van der Waals surface area contributed by atoms with Gasteiger partial charge >= 0.3 is 8.80 Å². The van der Waals surface area contributed by atoms with Gasteiger partial charge in [0, 0.05) is 25.0 Å². The Morgan fingerprint density at radius 1 is 0.882 bits per heavy atom. The predicted molar refractivity (Wildman–Crippen MR) is 66.7 cm³/mol. The van der Waals surface area contributed by atoms with Crippen molar-refractivity contribution in [1.82, 2.24) is 0 Å². The first-order valence-electron chi connectivity index (χ1n) is 5.86. The third-order valence-corrected chi connectivity index (χ3v) is 5.25. The van der Waals surface area contributed by atoms with E-state index in [1.807, 2.05) is 20.8 Å². The summed E-state index contributed by atoms with van der Waals surface area (Å²) in [6, 6.07) is 6.13. The highest BCUT2D eigenvalue weighted by atomic mass is 28.4. The highest BCUT2D eigenvalue weighted by Gasteiger charge is 2.43. The molecule has 0 saturated carbocycles. The molecule has 0 radical (unpaired) electrons. The zero-order valence-corrected chi connectivity index (χ0v) is 11.5. The molecule has 0 aliphatic heterocycles. The lowest BCUT2D eigenvalue weighted by Crippen LogP contribution is -2.56. The van der Waals surface area contributed by atoms with Crippen molar-refractivity contribution in [2.24, 2.45) is 0 Å². The van der Waals surface area contributed by atoms with Crippen LogP contribution in [0.5, 0.6) is 0 Å². The molecule has 0 atom stereocenters. The van der Waals surface area contributed by atoms with Gasteiger partial charge in [-0.1, -0.05) is 12.1 Å². The minimum atomic E-state index is -2.86. The van der Waals surface area contributed by atoms with Crippen molar-refractivity contribution in [1.29, 1.82) is 0 Å². The number of benzene rings is 1. The lowest BCUT2D eigenvalue weighted by molar-refractivity contribution is 0.0859. The van der Waals surface area contributed by atoms with Gasteiger partial charge in [-0.05, 0) is 32.9 Å². The van der Waals surface area contributed by atoms with Crippen LogP contribution in [0, 0.1) is 5.82 Å². The second-order valence-corrected chi connectivity index (χ2v) is 5.92. The largest absolute Gasteiger partial charge is 0.537 e. The Labute approximate surface area is 103 Å². The van der Waals surface area contributed by atoms with Crippen LogP contribution in [-0.2, 0) is 13.3 Å². The van der Waals surface area contributed by atoms with Crippen molar-refractivity contribution in [3.8, 4) is 0 Å². The maximum atomic E-state index is 12.9. The van der Waals surface area contributed by atoms with Crippen LogP contribution in [0.25, 0.3) is 0 Å². The summed E-state index contributed by atoms with van der Waals surface area (Å²) in [5.74, 6) is -0.277. The maximum Gasteiger partial charge on any atom is 0.537 e. The number of halogens is 1. The predicted octanol–water partition coefficient (Wildman–Crippen LogP) is 2.08. The van der Waals surface area contributed by atoms with Crippen LogP contribution < -0.4 is 5.19 Å².